The van der Waals surface area contributed by atoms with Gasteiger partial charge in [0.25, 0.3) is 0 Å². The number of rotatable bonds is 8. The van der Waals surface area contributed by atoms with Gasteiger partial charge in [-0.25, -0.2) is 0 Å². The second kappa shape index (κ2) is 6.53. The standard InChI is InChI=1S/C14H19N3O4/c1-9-2-5-12(17(19)20)13(8-9)21-7-6-11(14(15)18)16-10-3-4-10/h2,5,8,10-11,16H,3-4,6-7H2,1H3,(H2,15,18). The lowest BCUT2D eigenvalue weighted by Gasteiger charge is -2.15. The summed E-state index contributed by atoms with van der Waals surface area (Å²) in [4.78, 5) is 21.8. The lowest BCUT2D eigenvalue weighted by molar-refractivity contribution is -0.385. The number of nitrogens with two attached hydrogens (primary N) is 1. The van der Waals surface area contributed by atoms with Crippen LogP contribution < -0.4 is 15.8 Å². The first kappa shape index (κ1) is 15.2. The van der Waals surface area contributed by atoms with Crippen molar-refractivity contribution >= 4 is 11.6 Å². The van der Waals surface area contributed by atoms with Crippen LogP contribution >= 0.6 is 0 Å². The van der Waals surface area contributed by atoms with Crippen LogP contribution in [-0.4, -0.2) is 29.5 Å². The number of nitrogens with zero attached hydrogens (tertiary/aromatic N) is 1. The molecule has 1 aliphatic rings. The van der Waals surface area contributed by atoms with Gasteiger partial charge >= 0.3 is 5.69 Å². The van der Waals surface area contributed by atoms with E-state index >= 15 is 0 Å². The molecule has 1 aromatic carbocycles. The summed E-state index contributed by atoms with van der Waals surface area (Å²) in [5.41, 5.74) is 6.13. The Morgan fingerprint density at radius 1 is 1.57 bits per heavy atom. The fraction of sp³-hybridized carbons (Fsp3) is 0.500. The molecular formula is C14H19N3O4. The van der Waals surface area contributed by atoms with E-state index in [2.05, 4.69) is 5.32 Å². The third-order valence-electron chi connectivity index (χ3n) is 3.33. The highest BCUT2D eigenvalue weighted by molar-refractivity contribution is 5.79. The van der Waals surface area contributed by atoms with E-state index in [9.17, 15) is 14.9 Å². The predicted molar refractivity (Wildman–Crippen MR) is 77.1 cm³/mol. The fourth-order valence-electron chi connectivity index (χ4n) is 2.02. The van der Waals surface area contributed by atoms with Gasteiger partial charge in [0, 0.05) is 18.5 Å². The van der Waals surface area contributed by atoms with E-state index < -0.39 is 16.9 Å². The van der Waals surface area contributed by atoms with Crippen molar-refractivity contribution in [2.24, 2.45) is 5.73 Å². The molecule has 114 valence electrons. The number of nitrogens with one attached hydrogen (secondary N) is 1. The normalized spacial score (nSPS) is 15.5. The Morgan fingerprint density at radius 3 is 2.86 bits per heavy atom. The van der Waals surface area contributed by atoms with E-state index in [-0.39, 0.29) is 18.0 Å². The number of carbonyl (C=O) groups is 1. The van der Waals surface area contributed by atoms with E-state index in [1.165, 1.54) is 6.07 Å². The Bertz CT molecular complexity index is 543. The van der Waals surface area contributed by atoms with Crippen LogP contribution in [0.4, 0.5) is 5.69 Å². The molecule has 7 heteroatoms. The largest absolute Gasteiger partial charge is 0.487 e. The molecule has 0 radical (unpaired) electrons. The zero-order chi connectivity index (χ0) is 15.4. The third-order valence-corrected chi connectivity index (χ3v) is 3.33. The van der Waals surface area contributed by atoms with Crippen LogP contribution in [0.15, 0.2) is 18.2 Å². The summed E-state index contributed by atoms with van der Waals surface area (Å²) in [5.74, 6) is -0.209. The van der Waals surface area contributed by atoms with Gasteiger partial charge in [0.05, 0.1) is 17.6 Å². The van der Waals surface area contributed by atoms with Crippen molar-refractivity contribution in [1.29, 1.82) is 0 Å². The Hall–Kier alpha value is -2.15. The number of hydrogen-bond acceptors (Lipinski definition) is 5. The van der Waals surface area contributed by atoms with Crippen LogP contribution in [0.2, 0.25) is 0 Å². The number of nitro benzene ring substituents is 1. The molecule has 1 fully saturated rings. The molecule has 1 aromatic rings. The van der Waals surface area contributed by atoms with Gasteiger partial charge in [0.15, 0.2) is 5.75 Å². The molecule has 7 nitrogen and oxygen atoms in total. The molecule has 0 aromatic heterocycles. The van der Waals surface area contributed by atoms with Crippen molar-refractivity contribution in [3.63, 3.8) is 0 Å². The van der Waals surface area contributed by atoms with Crippen LogP contribution in [0.3, 0.4) is 0 Å². The minimum absolute atomic E-state index is 0.0774. The highest BCUT2D eigenvalue weighted by Crippen LogP contribution is 2.28. The number of hydrogen-bond donors (Lipinski definition) is 2. The van der Waals surface area contributed by atoms with E-state index in [0.717, 1.165) is 18.4 Å². The van der Waals surface area contributed by atoms with Gasteiger partial charge in [-0.15, -0.1) is 0 Å². The zero-order valence-electron chi connectivity index (χ0n) is 11.9. The number of amides is 1. The number of carbonyl (C=O) groups excluding carboxylic acids is 1. The number of primary amides is 1. The molecule has 1 unspecified atom stereocenters. The second-order valence-corrected chi connectivity index (χ2v) is 5.26. The van der Waals surface area contributed by atoms with Gasteiger partial charge in [-0.05, 0) is 31.4 Å². The molecule has 0 spiro atoms. The number of aryl methyl sites for hydroxylation is 1. The summed E-state index contributed by atoms with van der Waals surface area (Å²) >= 11 is 0. The highest BCUT2D eigenvalue weighted by atomic mass is 16.6. The molecule has 0 bridgehead atoms. The zero-order valence-corrected chi connectivity index (χ0v) is 11.9. The average molecular weight is 293 g/mol. The van der Waals surface area contributed by atoms with Gasteiger partial charge in [0.2, 0.25) is 5.91 Å². The molecular weight excluding hydrogens is 274 g/mol. The molecule has 2 rings (SSSR count). The fourth-order valence-corrected chi connectivity index (χ4v) is 2.02. The van der Waals surface area contributed by atoms with Crippen LogP contribution in [0.1, 0.15) is 24.8 Å². The predicted octanol–water partition coefficient (Wildman–Crippen LogP) is 1.28. The summed E-state index contributed by atoms with van der Waals surface area (Å²) in [6.07, 6.45) is 2.49. The Labute approximate surface area is 122 Å². The quantitative estimate of drug-likeness (QED) is 0.554. The molecule has 3 N–H and O–H groups in total. The minimum atomic E-state index is -0.483. The number of nitro groups is 1. The van der Waals surface area contributed by atoms with Gasteiger partial charge in [0.1, 0.15) is 0 Å². The van der Waals surface area contributed by atoms with Gasteiger partial charge in [-0.1, -0.05) is 6.07 Å². The minimum Gasteiger partial charge on any atom is -0.487 e. The first-order chi connectivity index (χ1) is 9.97. The monoisotopic (exact) mass is 293 g/mol. The van der Waals surface area contributed by atoms with Crippen molar-refractivity contribution in [1.82, 2.24) is 5.32 Å². The first-order valence-corrected chi connectivity index (χ1v) is 6.90. The van der Waals surface area contributed by atoms with Gasteiger partial charge < -0.3 is 15.8 Å². The lowest BCUT2D eigenvalue weighted by atomic mass is 10.2. The molecule has 1 atom stereocenters. The molecule has 1 amide bonds. The van der Waals surface area contributed by atoms with Crippen molar-refractivity contribution < 1.29 is 14.5 Å². The summed E-state index contributed by atoms with van der Waals surface area (Å²) < 4.78 is 5.47. The molecule has 0 saturated heterocycles. The van der Waals surface area contributed by atoms with Crippen molar-refractivity contribution in [2.45, 2.75) is 38.3 Å². The van der Waals surface area contributed by atoms with E-state index in [0.29, 0.717) is 12.5 Å². The summed E-state index contributed by atoms with van der Waals surface area (Å²) in [6.45, 7) is 2.02. The first-order valence-electron chi connectivity index (χ1n) is 6.90. The van der Waals surface area contributed by atoms with E-state index in [1.807, 2.05) is 6.92 Å². The Kier molecular flexibility index (Phi) is 4.74. The second-order valence-electron chi connectivity index (χ2n) is 5.26. The van der Waals surface area contributed by atoms with Gasteiger partial charge in [-0.3, -0.25) is 14.9 Å². The summed E-state index contributed by atoms with van der Waals surface area (Å²) in [6, 6.07) is 4.59. The van der Waals surface area contributed by atoms with Crippen molar-refractivity contribution in [2.75, 3.05) is 6.61 Å². The summed E-state index contributed by atoms with van der Waals surface area (Å²) in [5, 5.41) is 14.1. The Morgan fingerprint density at radius 2 is 2.29 bits per heavy atom. The van der Waals surface area contributed by atoms with Crippen LogP contribution in [0.25, 0.3) is 0 Å². The molecule has 1 aliphatic carbocycles. The molecule has 21 heavy (non-hydrogen) atoms. The van der Waals surface area contributed by atoms with Crippen LogP contribution in [-0.2, 0) is 4.79 Å². The van der Waals surface area contributed by atoms with E-state index in [1.54, 1.807) is 12.1 Å². The van der Waals surface area contributed by atoms with Gasteiger partial charge in [-0.2, -0.15) is 0 Å². The molecule has 0 heterocycles. The highest BCUT2D eigenvalue weighted by Gasteiger charge is 2.27. The number of benzene rings is 1. The van der Waals surface area contributed by atoms with Crippen molar-refractivity contribution in [3.05, 3.63) is 33.9 Å². The Balaban J connectivity index is 1.93. The van der Waals surface area contributed by atoms with Crippen LogP contribution in [0.5, 0.6) is 5.75 Å². The van der Waals surface area contributed by atoms with Crippen LogP contribution in [0, 0.1) is 17.0 Å². The number of ether oxygens (including phenoxy) is 1. The van der Waals surface area contributed by atoms with Crippen molar-refractivity contribution in [3.8, 4) is 5.75 Å². The molecule has 1 saturated carbocycles. The maximum absolute atomic E-state index is 11.3. The summed E-state index contributed by atoms with van der Waals surface area (Å²) in [7, 11) is 0. The van der Waals surface area contributed by atoms with E-state index in [4.69, 9.17) is 10.5 Å². The topological polar surface area (TPSA) is 107 Å². The SMILES string of the molecule is Cc1ccc([N+](=O)[O-])c(OCCC(NC2CC2)C(N)=O)c1. The smallest absolute Gasteiger partial charge is 0.310 e. The average Bonchev–Trinajstić information content (AvgIpc) is 3.21. The maximum atomic E-state index is 11.3. The third kappa shape index (κ3) is 4.42. The lowest BCUT2D eigenvalue weighted by Crippen LogP contribution is -2.43. The molecule has 0 aliphatic heterocycles. The maximum Gasteiger partial charge on any atom is 0.310 e.